The van der Waals surface area contributed by atoms with Crippen LogP contribution < -0.4 is 0 Å². The molecule has 156 valence electrons. The van der Waals surface area contributed by atoms with Gasteiger partial charge in [0.15, 0.2) is 0 Å². The molecular weight excluding hydrogens is 360 g/mol. The molecule has 7 unspecified atom stereocenters. The zero-order valence-corrected chi connectivity index (χ0v) is 18.4. The molecule has 0 amide bonds. The lowest BCUT2D eigenvalue weighted by Crippen LogP contribution is -2.49. The van der Waals surface area contributed by atoms with Crippen molar-refractivity contribution in [1.82, 2.24) is 0 Å². The highest BCUT2D eigenvalue weighted by Crippen LogP contribution is 2.43. The molecule has 0 radical (unpaired) electrons. The first-order chi connectivity index (χ1) is 13.1. The van der Waals surface area contributed by atoms with E-state index in [1.54, 1.807) is 0 Å². The smallest absolute Gasteiger partial charge is 0.374 e. The zero-order chi connectivity index (χ0) is 18.9. The van der Waals surface area contributed by atoms with Crippen LogP contribution in [0.4, 0.5) is 0 Å². The Labute approximate surface area is 165 Å². The predicted octanol–water partition coefficient (Wildman–Crippen LogP) is 4.32. The maximum absolute atomic E-state index is 6.66. The number of hydrogen-bond acceptors (Lipinski definition) is 5. The van der Waals surface area contributed by atoms with Crippen LogP contribution in [0, 0.1) is 11.8 Å². The third-order valence-corrected chi connectivity index (χ3v) is 10.2. The first-order valence-electron chi connectivity index (χ1n) is 11.4. The quantitative estimate of drug-likeness (QED) is 0.383. The van der Waals surface area contributed by atoms with Gasteiger partial charge in [-0.3, -0.25) is 0 Å². The van der Waals surface area contributed by atoms with Crippen LogP contribution in [0.3, 0.4) is 0 Å². The summed E-state index contributed by atoms with van der Waals surface area (Å²) in [7, 11) is -2.61. The molecule has 0 bridgehead atoms. The van der Waals surface area contributed by atoms with Crippen LogP contribution >= 0.6 is 0 Å². The zero-order valence-electron chi connectivity index (χ0n) is 17.4. The molecule has 0 aromatic rings. The van der Waals surface area contributed by atoms with Crippen LogP contribution in [0.2, 0.25) is 6.04 Å². The highest BCUT2D eigenvalue weighted by molar-refractivity contribution is 6.60. The molecule has 2 aliphatic carbocycles. The number of epoxide rings is 2. The molecule has 0 N–H and O–H groups in total. The average Bonchev–Trinajstić information content (AvgIpc) is 3.55. The van der Waals surface area contributed by atoms with E-state index >= 15 is 0 Å². The predicted molar refractivity (Wildman–Crippen MR) is 106 cm³/mol. The van der Waals surface area contributed by atoms with E-state index in [1.807, 2.05) is 0 Å². The minimum atomic E-state index is -2.61. The topological polar surface area (TPSA) is 52.8 Å². The molecule has 0 aromatic heterocycles. The molecule has 7 atom stereocenters. The van der Waals surface area contributed by atoms with Crippen LogP contribution in [0.15, 0.2) is 0 Å². The van der Waals surface area contributed by atoms with E-state index in [0.717, 1.165) is 24.8 Å². The van der Waals surface area contributed by atoms with Gasteiger partial charge in [0.2, 0.25) is 0 Å². The van der Waals surface area contributed by atoms with Crippen molar-refractivity contribution in [2.45, 2.75) is 109 Å². The largest absolute Gasteiger partial charge is 0.501 e. The first-order valence-corrected chi connectivity index (χ1v) is 13.3. The lowest BCUT2D eigenvalue weighted by atomic mass is 9.86. The fourth-order valence-electron chi connectivity index (χ4n) is 5.35. The summed E-state index contributed by atoms with van der Waals surface area (Å²) in [4.78, 5) is 0. The van der Waals surface area contributed by atoms with Crippen LogP contribution in [0.1, 0.15) is 72.1 Å². The Morgan fingerprint density at radius 2 is 1.56 bits per heavy atom. The van der Waals surface area contributed by atoms with Crippen molar-refractivity contribution in [2.75, 3.05) is 13.2 Å². The van der Waals surface area contributed by atoms with Crippen molar-refractivity contribution < 1.29 is 22.8 Å². The normalized spacial score (nSPS) is 38.8. The maximum atomic E-state index is 6.66. The minimum Gasteiger partial charge on any atom is -0.374 e. The second-order valence-corrected chi connectivity index (χ2v) is 11.6. The van der Waals surface area contributed by atoms with Crippen molar-refractivity contribution in [3.63, 3.8) is 0 Å². The van der Waals surface area contributed by atoms with Gasteiger partial charge in [0.05, 0.1) is 24.4 Å². The number of fused-ring (bicyclic) bond motifs is 2. The molecule has 27 heavy (non-hydrogen) atoms. The average molecular weight is 399 g/mol. The van der Waals surface area contributed by atoms with Gasteiger partial charge in [0.25, 0.3) is 0 Å². The van der Waals surface area contributed by atoms with Gasteiger partial charge in [0, 0.05) is 25.4 Å². The Balaban J connectivity index is 1.29. The van der Waals surface area contributed by atoms with Crippen LogP contribution in [0.25, 0.3) is 0 Å². The van der Waals surface area contributed by atoms with Crippen molar-refractivity contribution >= 4 is 8.80 Å². The van der Waals surface area contributed by atoms with Crippen molar-refractivity contribution in [1.29, 1.82) is 0 Å². The summed E-state index contributed by atoms with van der Waals surface area (Å²) in [5.74, 6) is 1.38. The molecule has 2 saturated carbocycles. The summed E-state index contributed by atoms with van der Waals surface area (Å²) in [6, 6.07) is 0.944. The molecular formula is C21H38O5Si. The van der Waals surface area contributed by atoms with E-state index < -0.39 is 8.80 Å². The minimum absolute atomic E-state index is 0.190. The fourth-order valence-corrected chi connectivity index (χ4v) is 8.25. The third-order valence-electron chi connectivity index (χ3n) is 7.01. The Morgan fingerprint density at radius 1 is 0.889 bits per heavy atom. The van der Waals surface area contributed by atoms with E-state index in [9.17, 15) is 0 Å². The van der Waals surface area contributed by atoms with Gasteiger partial charge in [-0.15, -0.1) is 0 Å². The first kappa shape index (κ1) is 20.3. The van der Waals surface area contributed by atoms with Gasteiger partial charge >= 0.3 is 8.80 Å². The second kappa shape index (κ2) is 8.80. The Morgan fingerprint density at radius 3 is 2.19 bits per heavy atom. The van der Waals surface area contributed by atoms with Crippen molar-refractivity contribution in [2.24, 2.45) is 11.8 Å². The van der Waals surface area contributed by atoms with E-state index in [1.165, 1.54) is 38.5 Å². The SMILES string of the molecule is CCO[Si](CCCC1CCC2OC2C1)(OCC)OC(C)C1CCC2OC2C1. The Hall–Kier alpha value is 0.0169. The lowest BCUT2D eigenvalue weighted by molar-refractivity contribution is 0.0102. The van der Waals surface area contributed by atoms with Gasteiger partial charge in [-0.1, -0.05) is 6.42 Å². The maximum Gasteiger partial charge on any atom is 0.501 e. The highest BCUT2D eigenvalue weighted by atomic mass is 28.4. The van der Waals surface area contributed by atoms with E-state index in [0.29, 0.717) is 43.5 Å². The molecule has 0 aromatic carbocycles. The molecule has 4 fully saturated rings. The third kappa shape index (κ3) is 5.14. The molecule has 4 aliphatic rings. The molecule has 2 aliphatic heterocycles. The van der Waals surface area contributed by atoms with Gasteiger partial charge < -0.3 is 22.8 Å². The molecule has 5 nitrogen and oxygen atoms in total. The lowest BCUT2D eigenvalue weighted by Gasteiger charge is -2.35. The Bertz CT molecular complexity index is 483. The molecule has 6 heteroatoms. The summed E-state index contributed by atoms with van der Waals surface area (Å²) in [6.07, 6.45) is 12.1. The van der Waals surface area contributed by atoms with Gasteiger partial charge in [-0.2, -0.15) is 0 Å². The standard InChI is InChI=1S/C21H38O5Si/c1-4-22-27(23-5-2,12-6-7-16-8-10-18-20(13-16)24-18)26-15(3)17-9-11-19-21(14-17)25-19/h15-21H,4-14H2,1-3H3. The van der Waals surface area contributed by atoms with E-state index in [-0.39, 0.29) is 6.10 Å². The van der Waals surface area contributed by atoms with E-state index in [4.69, 9.17) is 22.8 Å². The Kier molecular flexibility index (Phi) is 6.61. The number of hydrogen-bond donors (Lipinski definition) is 0. The molecule has 2 heterocycles. The summed E-state index contributed by atoms with van der Waals surface area (Å²) in [5, 5.41) is 0. The van der Waals surface area contributed by atoms with Crippen LogP contribution in [-0.4, -0.2) is 52.5 Å². The second-order valence-electron chi connectivity index (χ2n) is 8.94. The van der Waals surface area contributed by atoms with Crippen molar-refractivity contribution in [3.05, 3.63) is 0 Å². The van der Waals surface area contributed by atoms with Gasteiger partial charge in [-0.05, 0) is 77.6 Å². The number of ether oxygens (including phenoxy) is 2. The van der Waals surface area contributed by atoms with Gasteiger partial charge in [-0.25, -0.2) is 0 Å². The van der Waals surface area contributed by atoms with Crippen LogP contribution in [0.5, 0.6) is 0 Å². The fraction of sp³-hybridized carbons (Fsp3) is 1.00. The van der Waals surface area contributed by atoms with Crippen LogP contribution in [-0.2, 0) is 22.8 Å². The molecule has 0 spiro atoms. The highest BCUT2D eigenvalue weighted by Gasteiger charge is 2.49. The summed E-state index contributed by atoms with van der Waals surface area (Å²) < 4.78 is 30.5. The number of rotatable bonds is 11. The molecule has 2 saturated heterocycles. The van der Waals surface area contributed by atoms with E-state index in [2.05, 4.69) is 20.8 Å². The monoisotopic (exact) mass is 398 g/mol. The van der Waals surface area contributed by atoms with Gasteiger partial charge in [0.1, 0.15) is 0 Å². The summed E-state index contributed by atoms with van der Waals surface area (Å²) in [6.45, 7) is 7.67. The summed E-state index contributed by atoms with van der Waals surface area (Å²) in [5.41, 5.74) is 0. The molecule has 4 rings (SSSR count). The van der Waals surface area contributed by atoms with Crippen molar-refractivity contribution in [3.8, 4) is 0 Å². The summed E-state index contributed by atoms with van der Waals surface area (Å²) >= 11 is 0.